The lowest BCUT2D eigenvalue weighted by molar-refractivity contribution is -0.117. The fourth-order valence-corrected chi connectivity index (χ4v) is 3.65. The van der Waals surface area contributed by atoms with Crippen LogP contribution in [0.2, 0.25) is 0 Å². The molecular formula is C19H28N2O2S. The van der Waals surface area contributed by atoms with Gasteiger partial charge >= 0.3 is 0 Å². The number of hydrogen-bond acceptors (Lipinski definition) is 4. The molecule has 132 valence electrons. The number of aromatic nitrogens is 1. The summed E-state index contributed by atoms with van der Waals surface area (Å²) in [5.74, 6) is 0.863. The predicted molar refractivity (Wildman–Crippen MR) is 99.9 cm³/mol. The monoisotopic (exact) mass is 348 g/mol. The van der Waals surface area contributed by atoms with Crippen molar-refractivity contribution in [1.29, 1.82) is 0 Å². The molecule has 2 atom stereocenters. The predicted octanol–water partition coefficient (Wildman–Crippen LogP) is 3.65. The third-order valence-corrected chi connectivity index (χ3v) is 5.47. The first-order valence-electron chi connectivity index (χ1n) is 8.58. The zero-order valence-electron chi connectivity index (χ0n) is 14.8. The number of carbonyl (C=O) groups is 1. The number of carbonyl (C=O) groups excluding carboxylic acids is 1. The molecule has 0 spiro atoms. The topological polar surface area (TPSA) is 62.2 Å². The number of aliphatic hydroxyl groups excluding tert-OH is 1. The fraction of sp³-hybridized carbons (Fsp3) is 0.579. The molecule has 1 aliphatic rings. The van der Waals surface area contributed by atoms with E-state index < -0.39 is 0 Å². The molecule has 0 bridgehead atoms. The van der Waals surface area contributed by atoms with Gasteiger partial charge in [0.05, 0.1) is 6.10 Å². The number of hydrogen-bond donors (Lipinski definition) is 2. The van der Waals surface area contributed by atoms with Gasteiger partial charge in [-0.05, 0) is 43.2 Å². The van der Waals surface area contributed by atoms with Crippen LogP contribution in [0.4, 0.5) is 0 Å². The first kappa shape index (κ1) is 19.0. The van der Waals surface area contributed by atoms with Crippen LogP contribution in [-0.2, 0) is 4.79 Å². The minimum absolute atomic E-state index is 0.0783. The largest absolute Gasteiger partial charge is 0.393 e. The molecule has 0 radical (unpaired) electrons. The van der Waals surface area contributed by atoms with Gasteiger partial charge < -0.3 is 10.4 Å². The maximum absolute atomic E-state index is 12.1. The van der Waals surface area contributed by atoms with E-state index in [-0.39, 0.29) is 23.5 Å². The zero-order valence-corrected chi connectivity index (χ0v) is 15.6. The molecule has 1 aliphatic carbocycles. The van der Waals surface area contributed by atoms with Crippen LogP contribution in [0.15, 0.2) is 29.4 Å². The number of thioether (sulfide) groups is 1. The fourth-order valence-electron chi connectivity index (χ4n) is 2.65. The van der Waals surface area contributed by atoms with Crippen molar-refractivity contribution >= 4 is 23.7 Å². The SMILES string of the molecule is CC(C)(C)CSc1ncccc1C=CC(=O)NC1CCCC(O)C1. The molecule has 1 amide bonds. The highest BCUT2D eigenvalue weighted by atomic mass is 32.2. The maximum Gasteiger partial charge on any atom is 0.244 e. The van der Waals surface area contributed by atoms with Gasteiger partial charge in [-0.3, -0.25) is 4.79 Å². The van der Waals surface area contributed by atoms with E-state index in [9.17, 15) is 9.90 Å². The van der Waals surface area contributed by atoms with Gasteiger partial charge in [0.25, 0.3) is 0 Å². The summed E-state index contributed by atoms with van der Waals surface area (Å²) in [5.41, 5.74) is 1.19. The Morgan fingerprint density at radius 1 is 1.46 bits per heavy atom. The lowest BCUT2D eigenvalue weighted by Crippen LogP contribution is -2.38. The highest BCUT2D eigenvalue weighted by molar-refractivity contribution is 7.99. The Hall–Kier alpha value is -1.33. The Morgan fingerprint density at radius 2 is 2.25 bits per heavy atom. The van der Waals surface area contributed by atoms with Crippen molar-refractivity contribution in [2.45, 2.75) is 63.6 Å². The van der Waals surface area contributed by atoms with Crippen LogP contribution < -0.4 is 5.32 Å². The molecule has 0 aromatic carbocycles. The number of aliphatic hydroxyl groups is 1. The minimum atomic E-state index is -0.285. The minimum Gasteiger partial charge on any atom is -0.393 e. The summed E-state index contributed by atoms with van der Waals surface area (Å²) < 4.78 is 0. The summed E-state index contributed by atoms with van der Waals surface area (Å²) in [5, 5.41) is 13.6. The highest BCUT2D eigenvalue weighted by Gasteiger charge is 2.20. The second kappa shape index (κ2) is 8.67. The molecule has 1 saturated carbocycles. The van der Waals surface area contributed by atoms with Gasteiger partial charge in [-0.25, -0.2) is 4.98 Å². The molecule has 1 aromatic heterocycles. The van der Waals surface area contributed by atoms with Crippen LogP contribution in [0.25, 0.3) is 6.08 Å². The quantitative estimate of drug-likeness (QED) is 0.630. The van der Waals surface area contributed by atoms with Crippen LogP contribution in [0.5, 0.6) is 0 Å². The smallest absolute Gasteiger partial charge is 0.244 e. The summed E-state index contributed by atoms with van der Waals surface area (Å²) in [6, 6.07) is 3.94. The van der Waals surface area contributed by atoms with E-state index in [0.717, 1.165) is 35.6 Å². The molecule has 4 nitrogen and oxygen atoms in total. The van der Waals surface area contributed by atoms with Crippen molar-refractivity contribution in [3.63, 3.8) is 0 Å². The van der Waals surface area contributed by atoms with Crippen LogP contribution >= 0.6 is 11.8 Å². The summed E-state index contributed by atoms with van der Waals surface area (Å²) in [6.45, 7) is 6.60. The third-order valence-electron chi connectivity index (χ3n) is 3.85. The van der Waals surface area contributed by atoms with Crippen LogP contribution in [-0.4, -0.2) is 33.9 Å². The molecule has 2 rings (SSSR count). The molecule has 5 heteroatoms. The number of pyridine rings is 1. The van der Waals surface area contributed by atoms with Crippen molar-refractivity contribution in [1.82, 2.24) is 10.3 Å². The van der Waals surface area contributed by atoms with E-state index in [2.05, 4.69) is 31.1 Å². The molecule has 0 saturated heterocycles. The molecule has 1 fully saturated rings. The molecule has 24 heavy (non-hydrogen) atoms. The van der Waals surface area contributed by atoms with Gasteiger partial charge in [0, 0.05) is 29.6 Å². The second-order valence-corrected chi connectivity index (χ2v) is 8.57. The number of rotatable bonds is 5. The standard InChI is InChI=1S/C19H28N2O2S/c1-19(2,3)13-24-18-14(6-5-11-20-18)9-10-17(23)21-15-7-4-8-16(22)12-15/h5-6,9-11,15-16,22H,4,7-8,12-13H2,1-3H3,(H,21,23). The molecule has 1 heterocycles. The lowest BCUT2D eigenvalue weighted by Gasteiger charge is -2.26. The zero-order chi connectivity index (χ0) is 17.6. The molecule has 0 aliphatic heterocycles. The number of amides is 1. The first-order valence-corrected chi connectivity index (χ1v) is 9.56. The third kappa shape index (κ3) is 6.65. The number of nitrogens with zero attached hydrogens (tertiary/aromatic N) is 1. The average Bonchev–Trinajstić information content (AvgIpc) is 2.51. The van der Waals surface area contributed by atoms with Crippen molar-refractivity contribution in [2.75, 3.05) is 5.75 Å². The summed E-state index contributed by atoms with van der Waals surface area (Å²) in [4.78, 5) is 16.5. The van der Waals surface area contributed by atoms with Gasteiger partial charge in [-0.1, -0.05) is 26.8 Å². The number of nitrogens with one attached hydrogen (secondary N) is 1. The summed E-state index contributed by atoms with van der Waals surface area (Å²) in [7, 11) is 0. The van der Waals surface area contributed by atoms with Crippen LogP contribution in [0.1, 0.15) is 52.0 Å². The van der Waals surface area contributed by atoms with Crippen molar-refractivity contribution in [3.05, 3.63) is 30.0 Å². The maximum atomic E-state index is 12.1. The first-order chi connectivity index (χ1) is 11.3. The van der Waals surface area contributed by atoms with Gasteiger partial charge in [-0.2, -0.15) is 0 Å². The van der Waals surface area contributed by atoms with E-state index in [4.69, 9.17) is 0 Å². The Morgan fingerprint density at radius 3 is 2.96 bits per heavy atom. The summed E-state index contributed by atoms with van der Waals surface area (Å²) >= 11 is 1.71. The Bertz CT molecular complexity index is 581. The molecule has 1 aromatic rings. The van der Waals surface area contributed by atoms with Gasteiger partial charge in [0.2, 0.25) is 5.91 Å². The lowest BCUT2D eigenvalue weighted by atomic mass is 9.93. The van der Waals surface area contributed by atoms with Gasteiger partial charge in [0.1, 0.15) is 5.03 Å². The van der Waals surface area contributed by atoms with Crippen molar-refractivity contribution in [3.8, 4) is 0 Å². The Kier molecular flexibility index (Phi) is 6.87. The van der Waals surface area contributed by atoms with Crippen LogP contribution in [0, 0.1) is 5.41 Å². The van der Waals surface area contributed by atoms with E-state index in [0.29, 0.717) is 6.42 Å². The average molecular weight is 349 g/mol. The molecule has 2 unspecified atom stereocenters. The molecular weight excluding hydrogens is 320 g/mol. The van der Waals surface area contributed by atoms with E-state index in [1.165, 1.54) is 0 Å². The van der Waals surface area contributed by atoms with Crippen LogP contribution in [0.3, 0.4) is 0 Å². The van der Waals surface area contributed by atoms with E-state index in [1.54, 1.807) is 24.0 Å². The van der Waals surface area contributed by atoms with Gasteiger partial charge in [0.15, 0.2) is 0 Å². The van der Waals surface area contributed by atoms with Crippen molar-refractivity contribution < 1.29 is 9.90 Å². The second-order valence-electron chi connectivity index (χ2n) is 7.61. The summed E-state index contributed by atoms with van der Waals surface area (Å²) in [6.07, 6.45) is 8.29. The Labute approximate surface area is 149 Å². The van der Waals surface area contributed by atoms with E-state index in [1.807, 2.05) is 18.2 Å². The van der Waals surface area contributed by atoms with Gasteiger partial charge in [-0.15, -0.1) is 11.8 Å². The molecule has 2 N–H and O–H groups in total. The highest BCUT2D eigenvalue weighted by Crippen LogP contribution is 2.28. The van der Waals surface area contributed by atoms with Crippen molar-refractivity contribution in [2.24, 2.45) is 5.41 Å². The Balaban J connectivity index is 1.94. The normalized spacial score (nSPS) is 21.8. The van der Waals surface area contributed by atoms with E-state index >= 15 is 0 Å².